The van der Waals surface area contributed by atoms with Crippen LogP contribution in [-0.2, 0) is 5.60 Å². The van der Waals surface area contributed by atoms with Gasteiger partial charge in [0.2, 0.25) is 0 Å². The molecule has 0 bridgehead atoms. The summed E-state index contributed by atoms with van der Waals surface area (Å²) in [6, 6.07) is 4.18. The van der Waals surface area contributed by atoms with E-state index in [1.165, 1.54) is 5.56 Å². The van der Waals surface area contributed by atoms with E-state index in [9.17, 15) is 5.11 Å². The van der Waals surface area contributed by atoms with Crippen molar-refractivity contribution in [3.63, 3.8) is 0 Å². The van der Waals surface area contributed by atoms with Gasteiger partial charge in [0.25, 0.3) is 0 Å². The zero-order valence-corrected chi connectivity index (χ0v) is 13.7. The summed E-state index contributed by atoms with van der Waals surface area (Å²) in [6.45, 7) is 10.9. The van der Waals surface area contributed by atoms with Gasteiger partial charge in [0, 0.05) is 5.56 Å². The number of aryl methyl sites for hydroxylation is 2. The van der Waals surface area contributed by atoms with E-state index in [0.29, 0.717) is 5.41 Å². The summed E-state index contributed by atoms with van der Waals surface area (Å²) < 4.78 is 5.57. The third-order valence-corrected chi connectivity index (χ3v) is 4.95. The van der Waals surface area contributed by atoms with Crippen molar-refractivity contribution in [1.82, 2.24) is 0 Å². The van der Waals surface area contributed by atoms with E-state index in [1.807, 2.05) is 6.07 Å². The van der Waals surface area contributed by atoms with Crippen LogP contribution in [0.2, 0.25) is 0 Å². The SMILES string of the molecule is COc1cc(C)cc(C)c1C1(O)CCC(C)(C)CC1C. The Hall–Kier alpha value is -1.02. The van der Waals surface area contributed by atoms with Crippen molar-refractivity contribution in [2.75, 3.05) is 7.11 Å². The smallest absolute Gasteiger partial charge is 0.125 e. The minimum Gasteiger partial charge on any atom is -0.496 e. The molecule has 1 aromatic rings. The van der Waals surface area contributed by atoms with Gasteiger partial charge >= 0.3 is 0 Å². The van der Waals surface area contributed by atoms with Crippen molar-refractivity contribution in [2.24, 2.45) is 11.3 Å². The van der Waals surface area contributed by atoms with Crippen LogP contribution in [0.1, 0.15) is 56.7 Å². The largest absolute Gasteiger partial charge is 0.496 e. The first-order valence-corrected chi connectivity index (χ1v) is 7.58. The first kappa shape index (κ1) is 15.4. The van der Waals surface area contributed by atoms with Gasteiger partial charge in [-0.25, -0.2) is 0 Å². The second-order valence-corrected chi connectivity index (χ2v) is 7.35. The number of hydrogen-bond donors (Lipinski definition) is 1. The van der Waals surface area contributed by atoms with Gasteiger partial charge in [-0.3, -0.25) is 0 Å². The van der Waals surface area contributed by atoms with Crippen LogP contribution < -0.4 is 4.74 Å². The monoisotopic (exact) mass is 276 g/mol. The quantitative estimate of drug-likeness (QED) is 0.870. The van der Waals surface area contributed by atoms with Crippen molar-refractivity contribution >= 4 is 0 Å². The van der Waals surface area contributed by atoms with E-state index in [-0.39, 0.29) is 5.92 Å². The summed E-state index contributed by atoms with van der Waals surface area (Å²) in [7, 11) is 1.69. The number of rotatable bonds is 2. The molecule has 0 heterocycles. The van der Waals surface area contributed by atoms with Crippen molar-refractivity contribution in [1.29, 1.82) is 0 Å². The number of hydrogen-bond acceptors (Lipinski definition) is 2. The molecular formula is C18H28O2. The molecule has 0 spiro atoms. The Morgan fingerprint density at radius 2 is 1.85 bits per heavy atom. The molecule has 1 aliphatic rings. The molecule has 112 valence electrons. The van der Waals surface area contributed by atoms with E-state index in [4.69, 9.17) is 4.74 Å². The molecule has 1 saturated carbocycles. The van der Waals surface area contributed by atoms with Gasteiger partial charge in [0.1, 0.15) is 5.75 Å². The first-order valence-electron chi connectivity index (χ1n) is 7.58. The zero-order valence-electron chi connectivity index (χ0n) is 13.7. The molecule has 20 heavy (non-hydrogen) atoms. The summed E-state index contributed by atoms with van der Waals surface area (Å²) in [5.41, 5.74) is 2.86. The Balaban J connectivity index is 2.50. The van der Waals surface area contributed by atoms with E-state index >= 15 is 0 Å². The maximum Gasteiger partial charge on any atom is 0.125 e. The molecule has 2 rings (SSSR count). The number of benzene rings is 1. The maximum atomic E-state index is 11.3. The van der Waals surface area contributed by atoms with Crippen LogP contribution in [0.15, 0.2) is 12.1 Å². The van der Waals surface area contributed by atoms with E-state index < -0.39 is 5.60 Å². The number of ether oxygens (including phenoxy) is 1. The molecule has 1 fully saturated rings. The fraction of sp³-hybridized carbons (Fsp3) is 0.667. The predicted octanol–water partition coefficient (Wildman–Crippen LogP) is 4.35. The summed E-state index contributed by atoms with van der Waals surface area (Å²) in [5, 5.41) is 11.3. The third-order valence-electron chi connectivity index (χ3n) is 4.95. The third kappa shape index (κ3) is 2.58. The molecule has 2 unspecified atom stereocenters. The van der Waals surface area contributed by atoms with Crippen molar-refractivity contribution in [3.8, 4) is 5.75 Å². The molecule has 1 N–H and O–H groups in total. The second kappa shape index (κ2) is 5.07. The lowest BCUT2D eigenvalue weighted by Crippen LogP contribution is -2.42. The van der Waals surface area contributed by atoms with Crippen LogP contribution in [0.5, 0.6) is 5.75 Å². The van der Waals surface area contributed by atoms with Crippen LogP contribution in [0, 0.1) is 25.2 Å². The van der Waals surface area contributed by atoms with E-state index in [2.05, 4.69) is 40.7 Å². The van der Waals surface area contributed by atoms with Crippen LogP contribution >= 0.6 is 0 Å². The highest BCUT2D eigenvalue weighted by Crippen LogP contribution is 2.51. The topological polar surface area (TPSA) is 29.5 Å². The maximum absolute atomic E-state index is 11.3. The van der Waals surface area contributed by atoms with Gasteiger partial charge in [0.15, 0.2) is 0 Å². The molecule has 1 aromatic carbocycles. The highest BCUT2D eigenvalue weighted by molar-refractivity contribution is 5.47. The van der Waals surface area contributed by atoms with Crippen LogP contribution in [0.3, 0.4) is 0 Å². The van der Waals surface area contributed by atoms with Crippen LogP contribution in [0.25, 0.3) is 0 Å². The molecule has 1 aliphatic carbocycles. The number of aliphatic hydroxyl groups is 1. The van der Waals surface area contributed by atoms with E-state index in [1.54, 1.807) is 7.11 Å². The molecule has 2 atom stereocenters. The summed E-state index contributed by atoms with van der Waals surface area (Å²) in [4.78, 5) is 0. The van der Waals surface area contributed by atoms with Crippen molar-refractivity contribution in [2.45, 2.75) is 59.5 Å². The number of methoxy groups -OCH3 is 1. The fourth-order valence-electron chi connectivity index (χ4n) is 3.89. The minimum absolute atomic E-state index is 0.238. The zero-order chi connectivity index (χ0) is 15.1. The van der Waals surface area contributed by atoms with Gasteiger partial charge in [-0.1, -0.05) is 26.8 Å². The lowest BCUT2D eigenvalue weighted by Gasteiger charge is -2.46. The van der Waals surface area contributed by atoms with Crippen LogP contribution in [-0.4, -0.2) is 12.2 Å². The first-order chi connectivity index (χ1) is 9.19. The normalized spacial score (nSPS) is 29.2. The molecule has 2 heteroatoms. The summed E-state index contributed by atoms with van der Waals surface area (Å²) in [6.07, 6.45) is 2.89. The Morgan fingerprint density at radius 1 is 1.20 bits per heavy atom. The fourth-order valence-corrected chi connectivity index (χ4v) is 3.89. The predicted molar refractivity (Wildman–Crippen MR) is 83.2 cm³/mol. The highest BCUT2D eigenvalue weighted by atomic mass is 16.5. The highest BCUT2D eigenvalue weighted by Gasteiger charge is 2.45. The van der Waals surface area contributed by atoms with Gasteiger partial charge in [-0.15, -0.1) is 0 Å². The Labute approximate surface area is 123 Å². The molecule has 2 nitrogen and oxygen atoms in total. The molecule has 0 aliphatic heterocycles. The molecule has 0 radical (unpaired) electrons. The Kier molecular flexibility index (Phi) is 3.90. The van der Waals surface area contributed by atoms with Gasteiger partial charge in [0.05, 0.1) is 12.7 Å². The van der Waals surface area contributed by atoms with Crippen LogP contribution in [0.4, 0.5) is 0 Å². The molecular weight excluding hydrogens is 248 g/mol. The second-order valence-electron chi connectivity index (χ2n) is 7.35. The average Bonchev–Trinajstić information content (AvgIpc) is 2.33. The standard InChI is InChI=1S/C18H28O2/c1-12-9-13(2)16(15(10-12)20-6)18(19)8-7-17(4,5)11-14(18)3/h9-10,14,19H,7-8,11H2,1-6H3. The Morgan fingerprint density at radius 3 is 2.40 bits per heavy atom. The van der Waals surface area contributed by atoms with Gasteiger partial charge in [-0.05, 0) is 61.6 Å². The van der Waals surface area contributed by atoms with Gasteiger partial charge in [-0.2, -0.15) is 0 Å². The Bertz CT molecular complexity index is 504. The summed E-state index contributed by atoms with van der Waals surface area (Å²) in [5.74, 6) is 1.07. The summed E-state index contributed by atoms with van der Waals surface area (Å²) >= 11 is 0. The molecule has 0 amide bonds. The van der Waals surface area contributed by atoms with Gasteiger partial charge < -0.3 is 9.84 Å². The van der Waals surface area contributed by atoms with Crippen molar-refractivity contribution < 1.29 is 9.84 Å². The lowest BCUT2D eigenvalue weighted by atomic mass is 9.62. The van der Waals surface area contributed by atoms with Crippen molar-refractivity contribution in [3.05, 3.63) is 28.8 Å². The molecule has 0 saturated heterocycles. The average molecular weight is 276 g/mol. The van der Waals surface area contributed by atoms with E-state index in [0.717, 1.165) is 36.1 Å². The molecule has 0 aromatic heterocycles. The lowest BCUT2D eigenvalue weighted by molar-refractivity contribution is -0.0786. The minimum atomic E-state index is -0.765.